The van der Waals surface area contributed by atoms with E-state index in [0.29, 0.717) is 12.4 Å². The molecule has 150 valence electrons. The van der Waals surface area contributed by atoms with Gasteiger partial charge in [-0.3, -0.25) is 0 Å². The molecule has 0 aliphatic heterocycles. The van der Waals surface area contributed by atoms with Gasteiger partial charge in [0.05, 0.1) is 17.2 Å². The summed E-state index contributed by atoms with van der Waals surface area (Å²) in [5, 5.41) is 6.08. The molecule has 1 aromatic carbocycles. The van der Waals surface area contributed by atoms with Crippen LogP contribution >= 0.6 is 11.3 Å². The molecule has 1 atom stereocenters. The molecule has 0 fully saturated rings. The summed E-state index contributed by atoms with van der Waals surface area (Å²) in [5.41, 5.74) is 10.5. The molecule has 1 amide bonds. The van der Waals surface area contributed by atoms with Crippen molar-refractivity contribution in [1.82, 2.24) is 10.3 Å². The Bertz CT molecular complexity index is 1070. The minimum atomic E-state index is -0.337. The average molecular weight is 409 g/mol. The zero-order valence-corrected chi connectivity index (χ0v) is 17.1. The van der Waals surface area contributed by atoms with Crippen LogP contribution in [0.2, 0.25) is 0 Å². The Morgan fingerprint density at radius 3 is 3.03 bits per heavy atom. The number of nitrogens with zero attached hydrogens (tertiary/aromatic N) is 1. The number of H-pyrrole nitrogens is 1. The fraction of sp³-hybridized carbons (Fsp3) is 0.273. The monoisotopic (exact) mass is 408 g/mol. The van der Waals surface area contributed by atoms with Crippen LogP contribution in [0.1, 0.15) is 36.6 Å². The van der Waals surface area contributed by atoms with Crippen LogP contribution in [0.4, 0.5) is 10.5 Å². The zero-order valence-electron chi connectivity index (χ0n) is 16.3. The van der Waals surface area contributed by atoms with E-state index in [4.69, 9.17) is 10.5 Å². The van der Waals surface area contributed by atoms with Crippen LogP contribution in [-0.4, -0.2) is 29.6 Å². The molecule has 29 heavy (non-hydrogen) atoms. The first-order valence-corrected chi connectivity index (χ1v) is 10.6. The largest absolute Gasteiger partial charge is 0.450 e. The van der Waals surface area contributed by atoms with Crippen molar-refractivity contribution in [3.8, 4) is 0 Å². The molecule has 7 heteroatoms. The van der Waals surface area contributed by atoms with Gasteiger partial charge in [0, 0.05) is 28.7 Å². The lowest BCUT2D eigenvalue weighted by Crippen LogP contribution is -2.36. The third-order valence-corrected chi connectivity index (χ3v) is 5.94. The summed E-state index contributed by atoms with van der Waals surface area (Å²) in [5.74, 6) is 0.529. The molecule has 2 aromatic heterocycles. The molecule has 0 bridgehead atoms. The van der Waals surface area contributed by atoms with Gasteiger partial charge in [-0.05, 0) is 55.3 Å². The minimum absolute atomic E-state index is 0.129. The van der Waals surface area contributed by atoms with Crippen molar-refractivity contribution in [2.75, 3.05) is 6.61 Å². The number of fused-ring (bicyclic) bond motifs is 1. The van der Waals surface area contributed by atoms with Crippen LogP contribution in [0.15, 0.2) is 53.0 Å². The number of amides is 1. The topological polar surface area (TPSA) is 92.5 Å². The second-order valence-corrected chi connectivity index (χ2v) is 7.92. The highest BCUT2D eigenvalue weighted by molar-refractivity contribution is 7.12. The standard InChI is InChI=1S/C22H24N4O2S/c1-2-28-22(27)26-15-7-5-14(6-8-15)18-13-24-19-12-16(9-10-17(18)19)25-21(23)20-4-3-11-29-20/h3-5,9-13,15,24H,2,6-8H2,1H3,(H2,23,25)(H,26,27). The van der Waals surface area contributed by atoms with E-state index in [1.54, 1.807) is 11.3 Å². The number of ether oxygens (including phenoxy) is 1. The quantitative estimate of drug-likeness (QED) is 0.412. The van der Waals surface area contributed by atoms with E-state index in [-0.39, 0.29) is 12.1 Å². The summed E-state index contributed by atoms with van der Waals surface area (Å²) in [6.45, 7) is 2.20. The number of aromatic amines is 1. The predicted molar refractivity (Wildman–Crippen MR) is 119 cm³/mol. The number of aromatic nitrogens is 1. The van der Waals surface area contributed by atoms with Gasteiger partial charge >= 0.3 is 6.09 Å². The van der Waals surface area contributed by atoms with Crippen molar-refractivity contribution in [2.24, 2.45) is 10.7 Å². The Kier molecular flexibility index (Phi) is 5.67. The van der Waals surface area contributed by atoms with Crippen molar-refractivity contribution >= 4 is 45.4 Å². The van der Waals surface area contributed by atoms with Crippen LogP contribution in [0.5, 0.6) is 0 Å². The number of nitrogens with two attached hydrogens (primary N) is 1. The average Bonchev–Trinajstić information content (AvgIpc) is 3.39. The maximum Gasteiger partial charge on any atom is 0.407 e. The molecule has 1 aliphatic carbocycles. The number of rotatable bonds is 5. The first-order valence-electron chi connectivity index (χ1n) is 9.76. The van der Waals surface area contributed by atoms with E-state index in [0.717, 1.165) is 35.3 Å². The summed E-state index contributed by atoms with van der Waals surface area (Å²) >= 11 is 1.58. The normalized spacial score (nSPS) is 17.2. The van der Waals surface area contributed by atoms with E-state index >= 15 is 0 Å². The van der Waals surface area contributed by atoms with Crippen molar-refractivity contribution in [1.29, 1.82) is 0 Å². The number of hydrogen-bond donors (Lipinski definition) is 3. The minimum Gasteiger partial charge on any atom is -0.450 e. The first-order chi connectivity index (χ1) is 14.1. The third kappa shape index (κ3) is 4.35. The number of carbonyl (C=O) groups excluding carboxylic acids is 1. The maximum atomic E-state index is 11.6. The van der Waals surface area contributed by atoms with Gasteiger partial charge in [0.1, 0.15) is 5.84 Å². The van der Waals surface area contributed by atoms with E-state index in [1.807, 2.05) is 42.8 Å². The molecule has 4 N–H and O–H groups in total. The van der Waals surface area contributed by atoms with Crippen LogP contribution in [0.25, 0.3) is 16.5 Å². The second kappa shape index (κ2) is 8.53. The number of allylic oxidation sites excluding steroid dienone is 1. The van der Waals surface area contributed by atoms with E-state index in [1.165, 1.54) is 16.5 Å². The Hall–Kier alpha value is -3.06. The summed E-state index contributed by atoms with van der Waals surface area (Å²) < 4.78 is 4.97. The molecule has 0 saturated heterocycles. The lowest BCUT2D eigenvalue weighted by molar-refractivity contribution is 0.147. The summed E-state index contributed by atoms with van der Waals surface area (Å²) in [7, 11) is 0. The summed E-state index contributed by atoms with van der Waals surface area (Å²) in [6.07, 6.45) is 6.54. The fourth-order valence-electron chi connectivity index (χ4n) is 3.62. The highest BCUT2D eigenvalue weighted by Gasteiger charge is 2.19. The highest BCUT2D eigenvalue weighted by atomic mass is 32.1. The van der Waals surface area contributed by atoms with Gasteiger partial charge in [-0.2, -0.15) is 0 Å². The number of alkyl carbamates (subject to hydrolysis) is 1. The maximum absolute atomic E-state index is 11.6. The number of carbonyl (C=O) groups is 1. The molecular formula is C22H24N4O2S. The predicted octanol–water partition coefficient (Wildman–Crippen LogP) is 4.95. The van der Waals surface area contributed by atoms with Gasteiger partial charge in [0.25, 0.3) is 0 Å². The van der Waals surface area contributed by atoms with Gasteiger partial charge in [-0.1, -0.05) is 18.2 Å². The van der Waals surface area contributed by atoms with Gasteiger partial charge < -0.3 is 20.8 Å². The van der Waals surface area contributed by atoms with Crippen molar-refractivity contribution in [2.45, 2.75) is 32.2 Å². The lowest BCUT2D eigenvalue weighted by atomic mass is 9.90. The lowest BCUT2D eigenvalue weighted by Gasteiger charge is -2.22. The Morgan fingerprint density at radius 1 is 1.41 bits per heavy atom. The summed E-state index contributed by atoms with van der Waals surface area (Å²) in [4.78, 5) is 20.5. The fourth-order valence-corrected chi connectivity index (χ4v) is 4.24. The summed E-state index contributed by atoms with van der Waals surface area (Å²) in [6, 6.07) is 10.2. The van der Waals surface area contributed by atoms with Crippen LogP contribution in [-0.2, 0) is 4.74 Å². The SMILES string of the molecule is CCOC(=O)NC1CC=C(c2c[nH]c3cc(N=C(N)c4cccs4)ccc23)CC1. The smallest absolute Gasteiger partial charge is 0.407 e. The molecule has 1 aliphatic rings. The van der Waals surface area contributed by atoms with Crippen molar-refractivity contribution < 1.29 is 9.53 Å². The number of hydrogen-bond acceptors (Lipinski definition) is 4. The van der Waals surface area contributed by atoms with E-state index in [9.17, 15) is 4.79 Å². The molecule has 6 nitrogen and oxygen atoms in total. The van der Waals surface area contributed by atoms with E-state index < -0.39 is 0 Å². The molecule has 2 heterocycles. The second-order valence-electron chi connectivity index (χ2n) is 6.97. The number of amidine groups is 1. The molecule has 0 saturated carbocycles. The van der Waals surface area contributed by atoms with Crippen LogP contribution in [0, 0.1) is 0 Å². The van der Waals surface area contributed by atoms with Crippen LogP contribution < -0.4 is 11.1 Å². The van der Waals surface area contributed by atoms with E-state index in [2.05, 4.69) is 27.4 Å². The van der Waals surface area contributed by atoms with Crippen LogP contribution in [0.3, 0.4) is 0 Å². The number of nitrogens with one attached hydrogen (secondary N) is 2. The number of aliphatic imine (C=N–C) groups is 1. The van der Waals surface area contributed by atoms with Crippen molar-refractivity contribution in [3.63, 3.8) is 0 Å². The Morgan fingerprint density at radius 2 is 2.31 bits per heavy atom. The Balaban J connectivity index is 1.50. The molecule has 3 aromatic rings. The molecule has 1 unspecified atom stereocenters. The van der Waals surface area contributed by atoms with Gasteiger partial charge in [-0.15, -0.1) is 11.3 Å². The third-order valence-electron chi connectivity index (χ3n) is 5.04. The number of thiophene rings is 1. The van der Waals surface area contributed by atoms with Crippen molar-refractivity contribution in [3.05, 3.63) is 58.4 Å². The molecule has 0 spiro atoms. The molecule has 4 rings (SSSR count). The zero-order chi connectivity index (χ0) is 20.2. The first kappa shape index (κ1) is 19.3. The molecule has 0 radical (unpaired) electrons. The highest BCUT2D eigenvalue weighted by Crippen LogP contribution is 2.33. The van der Waals surface area contributed by atoms with Gasteiger partial charge in [-0.25, -0.2) is 9.79 Å². The Labute approximate surface area is 173 Å². The molecular weight excluding hydrogens is 384 g/mol. The number of benzene rings is 1. The van der Waals surface area contributed by atoms with Gasteiger partial charge in [0.2, 0.25) is 0 Å². The van der Waals surface area contributed by atoms with Gasteiger partial charge in [0.15, 0.2) is 0 Å².